The van der Waals surface area contributed by atoms with Gasteiger partial charge >= 0.3 is 0 Å². The maximum Gasteiger partial charge on any atom is 0.284 e. The van der Waals surface area contributed by atoms with Crippen molar-refractivity contribution in [2.75, 3.05) is 0 Å². The van der Waals surface area contributed by atoms with E-state index in [1.54, 1.807) is 0 Å². The molecule has 0 heterocycles. The van der Waals surface area contributed by atoms with Crippen LogP contribution in [0.2, 0.25) is 0 Å². The zero-order valence-corrected chi connectivity index (χ0v) is 19.5. The van der Waals surface area contributed by atoms with Crippen LogP contribution in [0.5, 0.6) is 0 Å². The Morgan fingerprint density at radius 3 is 2.50 bits per heavy atom. The van der Waals surface area contributed by atoms with E-state index in [0.717, 1.165) is 56.9 Å². The summed E-state index contributed by atoms with van der Waals surface area (Å²) in [7, 11) is 0. The second-order valence-corrected chi connectivity index (χ2v) is 8.12. The van der Waals surface area contributed by atoms with Crippen LogP contribution in [0.4, 0.5) is 0 Å². The molecule has 4 nitrogen and oxygen atoms in total. The fourth-order valence-electron chi connectivity index (χ4n) is 3.43. The lowest BCUT2D eigenvalue weighted by Crippen LogP contribution is -2.22. The summed E-state index contributed by atoms with van der Waals surface area (Å²) in [6, 6.07) is 0. The lowest BCUT2D eigenvalue weighted by atomic mass is 9.92. The summed E-state index contributed by atoms with van der Waals surface area (Å²) in [5.41, 5.74) is 8.54. The topological polar surface area (TPSA) is 77.2 Å². The van der Waals surface area contributed by atoms with Crippen LogP contribution in [0, 0.1) is 11.8 Å². The summed E-state index contributed by atoms with van der Waals surface area (Å²) >= 11 is 0. The van der Waals surface area contributed by atoms with E-state index in [1.807, 2.05) is 31.2 Å². The Hall–Kier alpha value is -2.93. The third kappa shape index (κ3) is 13.4. The molecule has 0 aromatic heterocycles. The van der Waals surface area contributed by atoms with Crippen LogP contribution in [-0.2, 0) is 14.4 Å². The first-order valence-corrected chi connectivity index (χ1v) is 11.6. The van der Waals surface area contributed by atoms with Gasteiger partial charge in [-0.1, -0.05) is 72.8 Å². The normalized spacial score (nSPS) is 13.4. The number of hydrogen-bond donors (Lipinski definition) is 1. The maximum absolute atomic E-state index is 12.2. The number of rotatable bonds is 15. The van der Waals surface area contributed by atoms with Gasteiger partial charge in [0.1, 0.15) is 5.78 Å². The van der Waals surface area contributed by atoms with Gasteiger partial charge in [-0.15, -0.1) is 0 Å². The van der Waals surface area contributed by atoms with Crippen LogP contribution >= 0.6 is 0 Å². The van der Waals surface area contributed by atoms with Crippen molar-refractivity contribution >= 4 is 17.5 Å². The summed E-state index contributed by atoms with van der Waals surface area (Å²) in [5.74, 6) is 5.01. The van der Waals surface area contributed by atoms with Gasteiger partial charge in [0.25, 0.3) is 5.91 Å². The number of amides is 1. The largest absolute Gasteiger partial charge is 0.363 e. The number of Topliss-reactive ketones (excluding diaryl/α,β-unsaturated/α-hetero) is 2. The zero-order chi connectivity index (χ0) is 23.6. The van der Waals surface area contributed by atoms with Gasteiger partial charge in [-0.05, 0) is 63.5 Å². The van der Waals surface area contributed by atoms with Gasteiger partial charge in [-0.25, -0.2) is 0 Å². The van der Waals surface area contributed by atoms with Crippen molar-refractivity contribution in [1.82, 2.24) is 0 Å². The SMILES string of the molecule is C=C(C#CC=C/C=C\C)CCC1=CC(CCC(=O)CCCCCCC(=O)C(N)=O)=CCC1. The van der Waals surface area contributed by atoms with Gasteiger partial charge in [-0.3, -0.25) is 14.4 Å². The summed E-state index contributed by atoms with van der Waals surface area (Å²) < 4.78 is 0. The molecule has 0 saturated carbocycles. The van der Waals surface area contributed by atoms with E-state index in [1.165, 1.54) is 11.1 Å². The Labute approximate surface area is 193 Å². The van der Waals surface area contributed by atoms with Crippen LogP contribution in [0.3, 0.4) is 0 Å². The highest BCUT2D eigenvalue weighted by atomic mass is 16.2. The minimum absolute atomic E-state index is 0.208. The van der Waals surface area contributed by atoms with E-state index in [-0.39, 0.29) is 12.2 Å². The van der Waals surface area contributed by atoms with Gasteiger partial charge in [0, 0.05) is 19.3 Å². The number of nitrogens with two attached hydrogens (primary N) is 1. The smallest absolute Gasteiger partial charge is 0.284 e. The molecule has 0 atom stereocenters. The summed E-state index contributed by atoms with van der Waals surface area (Å²) in [5, 5.41) is 0. The van der Waals surface area contributed by atoms with Crippen molar-refractivity contribution < 1.29 is 14.4 Å². The average Bonchev–Trinajstić information content (AvgIpc) is 2.78. The number of carbonyl (C=O) groups is 3. The molecule has 2 N–H and O–H groups in total. The Kier molecular flexibility index (Phi) is 14.2. The highest BCUT2D eigenvalue weighted by Gasteiger charge is 2.10. The molecule has 0 saturated heterocycles. The molecule has 0 aliphatic heterocycles. The second-order valence-electron chi connectivity index (χ2n) is 8.12. The molecular formula is C28H37NO3. The van der Waals surface area contributed by atoms with Gasteiger partial charge in [0.15, 0.2) is 0 Å². The Bertz CT molecular complexity index is 844. The molecule has 1 rings (SSSR count). The number of ketones is 2. The molecule has 1 aliphatic rings. The third-order valence-electron chi connectivity index (χ3n) is 5.32. The first-order chi connectivity index (χ1) is 15.4. The maximum atomic E-state index is 12.2. The van der Waals surface area contributed by atoms with Crippen molar-refractivity contribution in [3.8, 4) is 11.8 Å². The van der Waals surface area contributed by atoms with E-state index in [0.29, 0.717) is 19.3 Å². The van der Waals surface area contributed by atoms with Gasteiger partial charge in [-0.2, -0.15) is 0 Å². The molecule has 0 fully saturated rings. The molecule has 0 bridgehead atoms. The molecular weight excluding hydrogens is 398 g/mol. The molecule has 1 aliphatic carbocycles. The number of unbranched alkanes of at least 4 members (excludes halogenated alkanes) is 3. The number of hydrogen-bond acceptors (Lipinski definition) is 3. The predicted octanol–water partition coefficient (Wildman–Crippen LogP) is 5.85. The van der Waals surface area contributed by atoms with Crippen molar-refractivity contribution in [3.63, 3.8) is 0 Å². The molecule has 32 heavy (non-hydrogen) atoms. The molecule has 172 valence electrons. The monoisotopic (exact) mass is 435 g/mol. The summed E-state index contributed by atoms with van der Waals surface area (Å²) in [4.78, 5) is 34.0. The lowest BCUT2D eigenvalue weighted by Gasteiger charge is -2.14. The number of primary amides is 1. The van der Waals surface area contributed by atoms with Crippen LogP contribution in [0.25, 0.3) is 0 Å². The predicted molar refractivity (Wildman–Crippen MR) is 132 cm³/mol. The van der Waals surface area contributed by atoms with Crippen LogP contribution in [0.15, 0.2) is 59.8 Å². The van der Waals surface area contributed by atoms with E-state index in [9.17, 15) is 14.4 Å². The van der Waals surface area contributed by atoms with Crippen molar-refractivity contribution in [2.45, 2.75) is 84.0 Å². The minimum atomic E-state index is -0.860. The van der Waals surface area contributed by atoms with Crippen LogP contribution in [-0.4, -0.2) is 17.5 Å². The standard InChI is InChI=1S/C28H37NO3/c1-3-4-5-6-9-13-23(2)18-19-24-14-12-15-25(22-24)20-21-26(30)16-10-7-8-11-17-27(31)28(29)32/h3-6,15,22H,2,7-8,10-12,14,16-21H2,1H3,(H2,29,32)/b4-3-,6-5?. The van der Waals surface area contributed by atoms with Gasteiger partial charge < -0.3 is 5.73 Å². The minimum Gasteiger partial charge on any atom is -0.363 e. The Morgan fingerprint density at radius 1 is 1.03 bits per heavy atom. The van der Waals surface area contributed by atoms with Crippen molar-refractivity contribution in [3.05, 3.63) is 59.8 Å². The number of allylic oxidation sites excluding steroid dienone is 9. The highest BCUT2D eigenvalue weighted by Crippen LogP contribution is 2.25. The van der Waals surface area contributed by atoms with E-state index in [4.69, 9.17) is 5.73 Å². The molecule has 0 spiro atoms. The first-order valence-electron chi connectivity index (χ1n) is 11.6. The number of carbonyl (C=O) groups excluding carboxylic acids is 3. The zero-order valence-electron chi connectivity index (χ0n) is 19.5. The fourth-order valence-corrected chi connectivity index (χ4v) is 3.43. The highest BCUT2D eigenvalue weighted by molar-refractivity contribution is 6.35. The Balaban J connectivity index is 2.24. The quantitative estimate of drug-likeness (QED) is 0.152. The molecule has 0 unspecified atom stereocenters. The molecule has 0 aromatic rings. The van der Waals surface area contributed by atoms with Crippen molar-refractivity contribution in [2.24, 2.45) is 5.73 Å². The second kappa shape index (κ2) is 16.7. The average molecular weight is 436 g/mol. The Morgan fingerprint density at radius 2 is 1.78 bits per heavy atom. The summed E-state index contributed by atoms with van der Waals surface area (Å²) in [6.45, 7) is 6.02. The lowest BCUT2D eigenvalue weighted by molar-refractivity contribution is -0.136. The fraction of sp³-hybridized carbons (Fsp3) is 0.464. The molecule has 0 radical (unpaired) electrons. The van der Waals surface area contributed by atoms with E-state index < -0.39 is 11.7 Å². The molecule has 1 amide bonds. The third-order valence-corrected chi connectivity index (χ3v) is 5.32. The van der Waals surface area contributed by atoms with Gasteiger partial charge in [0.2, 0.25) is 5.78 Å². The van der Waals surface area contributed by atoms with Gasteiger partial charge in [0.05, 0.1) is 0 Å². The summed E-state index contributed by atoms with van der Waals surface area (Å²) in [6.07, 6.45) is 21.4. The molecule has 0 aromatic carbocycles. The van der Waals surface area contributed by atoms with E-state index in [2.05, 4.69) is 30.6 Å². The van der Waals surface area contributed by atoms with Crippen molar-refractivity contribution in [1.29, 1.82) is 0 Å². The van der Waals surface area contributed by atoms with Crippen LogP contribution < -0.4 is 5.73 Å². The molecule has 4 heteroatoms. The first kappa shape index (κ1) is 27.1. The van der Waals surface area contributed by atoms with Crippen LogP contribution in [0.1, 0.15) is 84.0 Å². The van der Waals surface area contributed by atoms with E-state index >= 15 is 0 Å².